The van der Waals surface area contributed by atoms with Crippen LogP contribution in [0.25, 0.3) is 5.69 Å². The van der Waals surface area contributed by atoms with E-state index in [2.05, 4.69) is 10.4 Å². The summed E-state index contributed by atoms with van der Waals surface area (Å²) >= 11 is 0. The molecule has 0 aliphatic carbocycles. The Hall–Kier alpha value is -1.82. The van der Waals surface area contributed by atoms with E-state index in [1.54, 1.807) is 6.07 Å². The van der Waals surface area contributed by atoms with Crippen LogP contribution in [0.1, 0.15) is 19.0 Å². The van der Waals surface area contributed by atoms with E-state index in [9.17, 15) is 13.2 Å². The summed E-state index contributed by atoms with van der Waals surface area (Å²) in [7, 11) is 0. The molecule has 6 heteroatoms. The van der Waals surface area contributed by atoms with Crippen LogP contribution in [-0.4, -0.2) is 16.3 Å². The number of benzene rings is 1. The largest absolute Gasteiger partial charge is 0.311 e. The first kappa shape index (κ1) is 13.6. The Morgan fingerprint density at radius 1 is 1.21 bits per heavy atom. The van der Waals surface area contributed by atoms with Gasteiger partial charge in [0.2, 0.25) is 0 Å². The van der Waals surface area contributed by atoms with Gasteiger partial charge in [-0.25, -0.2) is 17.9 Å². The molecule has 0 atom stereocenters. The first-order valence-corrected chi connectivity index (χ1v) is 6.02. The van der Waals surface area contributed by atoms with Crippen molar-refractivity contribution in [2.24, 2.45) is 0 Å². The highest BCUT2D eigenvalue weighted by Gasteiger charge is 2.14. The van der Waals surface area contributed by atoms with E-state index in [1.165, 1.54) is 6.20 Å². The van der Waals surface area contributed by atoms with Gasteiger partial charge < -0.3 is 5.32 Å². The summed E-state index contributed by atoms with van der Waals surface area (Å²) < 4.78 is 41.0. The van der Waals surface area contributed by atoms with Crippen molar-refractivity contribution in [2.45, 2.75) is 19.9 Å². The van der Waals surface area contributed by atoms with Crippen molar-refractivity contribution in [1.82, 2.24) is 15.1 Å². The molecule has 3 nitrogen and oxygen atoms in total. The SMILES string of the molecule is CCCNCc1ccn(-c2c(F)cc(F)cc2F)n1. The fourth-order valence-corrected chi connectivity index (χ4v) is 1.73. The van der Waals surface area contributed by atoms with Crippen LogP contribution in [0.5, 0.6) is 0 Å². The molecule has 0 saturated carbocycles. The van der Waals surface area contributed by atoms with Crippen LogP contribution in [0.2, 0.25) is 0 Å². The smallest absolute Gasteiger partial charge is 0.154 e. The van der Waals surface area contributed by atoms with Crippen LogP contribution in [0.15, 0.2) is 24.4 Å². The molecule has 0 radical (unpaired) electrons. The van der Waals surface area contributed by atoms with Gasteiger partial charge in [-0.05, 0) is 19.0 Å². The van der Waals surface area contributed by atoms with Gasteiger partial charge in [-0.1, -0.05) is 6.92 Å². The van der Waals surface area contributed by atoms with Gasteiger partial charge in [0, 0.05) is 24.9 Å². The molecule has 0 spiro atoms. The predicted octanol–water partition coefficient (Wildman–Crippen LogP) is 2.79. The second-order valence-electron chi connectivity index (χ2n) is 4.15. The average molecular weight is 269 g/mol. The van der Waals surface area contributed by atoms with Crippen molar-refractivity contribution in [3.63, 3.8) is 0 Å². The molecule has 0 amide bonds. The maximum atomic E-state index is 13.6. The third-order valence-electron chi connectivity index (χ3n) is 2.59. The van der Waals surface area contributed by atoms with Gasteiger partial charge >= 0.3 is 0 Å². The van der Waals surface area contributed by atoms with Crippen molar-refractivity contribution >= 4 is 0 Å². The number of rotatable bonds is 5. The Morgan fingerprint density at radius 2 is 1.89 bits per heavy atom. The van der Waals surface area contributed by atoms with E-state index in [-0.39, 0.29) is 5.69 Å². The first-order chi connectivity index (χ1) is 9.11. The Morgan fingerprint density at radius 3 is 2.53 bits per heavy atom. The summed E-state index contributed by atoms with van der Waals surface area (Å²) in [6.45, 7) is 3.40. The maximum Gasteiger partial charge on any atom is 0.154 e. The molecule has 1 heterocycles. The number of nitrogens with one attached hydrogen (secondary N) is 1. The van der Waals surface area contributed by atoms with E-state index in [1.807, 2.05) is 6.92 Å². The highest BCUT2D eigenvalue weighted by molar-refractivity contribution is 5.35. The number of aromatic nitrogens is 2. The molecular formula is C13H14F3N3. The van der Waals surface area contributed by atoms with Gasteiger partial charge in [0.05, 0.1) is 5.69 Å². The van der Waals surface area contributed by atoms with Gasteiger partial charge in [0.25, 0.3) is 0 Å². The zero-order valence-corrected chi connectivity index (χ0v) is 10.5. The maximum absolute atomic E-state index is 13.6. The van der Waals surface area contributed by atoms with E-state index >= 15 is 0 Å². The minimum Gasteiger partial charge on any atom is -0.311 e. The normalized spacial score (nSPS) is 10.9. The predicted molar refractivity (Wildman–Crippen MR) is 65.4 cm³/mol. The second-order valence-corrected chi connectivity index (χ2v) is 4.15. The molecule has 102 valence electrons. The fraction of sp³-hybridized carbons (Fsp3) is 0.308. The Kier molecular flexibility index (Phi) is 4.21. The van der Waals surface area contributed by atoms with Crippen molar-refractivity contribution in [1.29, 1.82) is 0 Å². The quantitative estimate of drug-likeness (QED) is 0.846. The molecular weight excluding hydrogens is 255 g/mol. The van der Waals surface area contributed by atoms with Crippen molar-refractivity contribution in [2.75, 3.05) is 6.54 Å². The lowest BCUT2D eigenvalue weighted by Gasteiger charge is -2.05. The molecule has 0 fully saturated rings. The zero-order valence-electron chi connectivity index (χ0n) is 10.5. The molecule has 1 aromatic heterocycles. The summed E-state index contributed by atoms with van der Waals surface area (Å²) in [5.74, 6) is -2.90. The number of hydrogen-bond donors (Lipinski definition) is 1. The minimum absolute atomic E-state index is 0.372. The van der Waals surface area contributed by atoms with E-state index < -0.39 is 17.5 Å². The van der Waals surface area contributed by atoms with Crippen molar-refractivity contribution < 1.29 is 13.2 Å². The highest BCUT2D eigenvalue weighted by atomic mass is 19.1. The fourth-order valence-electron chi connectivity index (χ4n) is 1.73. The Balaban J connectivity index is 2.23. The molecule has 0 aliphatic heterocycles. The lowest BCUT2D eigenvalue weighted by atomic mass is 10.3. The average Bonchev–Trinajstić information content (AvgIpc) is 2.76. The van der Waals surface area contributed by atoms with Crippen LogP contribution in [0.3, 0.4) is 0 Å². The molecule has 1 N–H and O–H groups in total. The molecule has 1 aromatic carbocycles. The summed E-state index contributed by atoms with van der Waals surface area (Å²) in [6, 6.07) is 2.93. The van der Waals surface area contributed by atoms with E-state index in [0.717, 1.165) is 17.6 Å². The summed E-state index contributed by atoms with van der Waals surface area (Å²) in [4.78, 5) is 0. The summed E-state index contributed by atoms with van der Waals surface area (Å²) in [5.41, 5.74) is 0.291. The summed E-state index contributed by atoms with van der Waals surface area (Å²) in [5, 5.41) is 7.19. The van der Waals surface area contributed by atoms with E-state index in [4.69, 9.17) is 0 Å². The van der Waals surface area contributed by atoms with Crippen LogP contribution in [-0.2, 0) is 6.54 Å². The van der Waals surface area contributed by atoms with Gasteiger partial charge in [0.15, 0.2) is 11.6 Å². The van der Waals surface area contributed by atoms with Gasteiger partial charge in [-0.15, -0.1) is 0 Å². The minimum atomic E-state index is -0.978. The Labute approximate surface area is 109 Å². The zero-order chi connectivity index (χ0) is 13.8. The molecule has 0 bridgehead atoms. The topological polar surface area (TPSA) is 29.9 Å². The standard InChI is InChI=1S/C13H14F3N3/c1-2-4-17-8-10-3-5-19(18-10)13-11(15)6-9(14)7-12(13)16/h3,5-7,17H,2,4,8H2,1H3. The Bertz CT molecular complexity index is 543. The molecule has 2 rings (SSSR count). The van der Waals surface area contributed by atoms with Crippen LogP contribution in [0, 0.1) is 17.5 Å². The number of nitrogens with zero attached hydrogens (tertiary/aromatic N) is 2. The third-order valence-corrected chi connectivity index (χ3v) is 2.59. The highest BCUT2D eigenvalue weighted by Crippen LogP contribution is 2.18. The molecule has 0 saturated heterocycles. The lowest BCUT2D eigenvalue weighted by molar-refractivity contribution is 0.527. The first-order valence-electron chi connectivity index (χ1n) is 6.02. The monoisotopic (exact) mass is 269 g/mol. The molecule has 0 aliphatic rings. The van der Waals surface area contributed by atoms with Gasteiger partial charge in [-0.2, -0.15) is 5.10 Å². The molecule has 2 aromatic rings. The van der Waals surface area contributed by atoms with Crippen LogP contribution in [0.4, 0.5) is 13.2 Å². The number of halogens is 3. The van der Waals surface area contributed by atoms with Crippen molar-refractivity contribution in [3.05, 3.63) is 47.5 Å². The molecule has 0 unspecified atom stereocenters. The number of hydrogen-bond acceptors (Lipinski definition) is 2. The van der Waals surface area contributed by atoms with E-state index in [0.29, 0.717) is 24.4 Å². The van der Waals surface area contributed by atoms with Crippen molar-refractivity contribution in [3.8, 4) is 5.69 Å². The second kappa shape index (κ2) is 5.88. The lowest BCUT2D eigenvalue weighted by Crippen LogP contribution is -2.14. The third kappa shape index (κ3) is 3.14. The molecule has 19 heavy (non-hydrogen) atoms. The van der Waals surface area contributed by atoms with Gasteiger partial charge in [0.1, 0.15) is 11.5 Å². The van der Waals surface area contributed by atoms with Crippen LogP contribution >= 0.6 is 0 Å². The summed E-state index contributed by atoms with van der Waals surface area (Å²) in [6.07, 6.45) is 2.43. The van der Waals surface area contributed by atoms with Crippen LogP contribution < -0.4 is 5.32 Å². The van der Waals surface area contributed by atoms with Gasteiger partial charge in [-0.3, -0.25) is 0 Å².